The largest absolute Gasteiger partial charge is 0.0786 e. The van der Waals surface area contributed by atoms with Crippen LogP contribution in [0.2, 0.25) is 19.6 Å². The second-order valence-corrected chi connectivity index (χ2v) is 9.17. The van der Waals surface area contributed by atoms with Crippen LogP contribution >= 0.6 is 0 Å². The van der Waals surface area contributed by atoms with Crippen LogP contribution in [-0.4, -0.2) is 8.07 Å². The number of hydrogen-bond acceptors (Lipinski definition) is 0. The molecule has 0 saturated carbocycles. The van der Waals surface area contributed by atoms with Gasteiger partial charge in [-0.15, -0.1) is 0 Å². The third-order valence-electron chi connectivity index (χ3n) is 1.89. The van der Waals surface area contributed by atoms with Crippen LogP contribution in [0, 0.1) is 5.92 Å². The van der Waals surface area contributed by atoms with E-state index in [9.17, 15) is 0 Å². The summed E-state index contributed by atoms with van der Waals surface area (Å²) in [4.78, 5) is 0. The van der Waals surface area contributed by atoms with Gasteiger partial charge in [-0.25, -0.2) is 0 Å². The molecule has 0 nitrogen and oxygen atoms in total. The van der Waals surface area contributed by atoms with Crippen LogP contribution in [0.25, 0.3) is 0 Å². The van der Waals surface area contributed by atoms with Crippen molar-refractivity contribution in [2.75, 3.05) is 0 Å². The van der Waals surface area contributed by atoms with E-state index in [2.05, 4.69) is 44.8 Å². The molecule has 0 aliphatic heterocycles. The standard InChI is InChI=1S/C9H16Si/c1-8-5-6-9(7-8)10(2,3)4/h5-8H,1-4H3. The molecule has 0 amide bonds. The van der Waals surface area contributed by atoms with E-state index >= 15 is 0 Å². The first-order valence-electron chi connectivity index (χ1n) is 3.90. The molecule has 0 saturated heterocycles. The van der Waals surface area contributed by atoms with Crippen LogP contribution in [0.15, 0.2) is 23.4 Å². The van der Waals surface area contributed by atoms with Gasteiger partial charge in [0.15, 0.2) is 0 Å². The summed E-state index contributed by atoms with van der Waals surface area (Å²) in [5, 5.41) is 1.61. The minimum atomic E-state index is -0.992. The molecule has 1 unspecified atom stereocenters. The van der Waals surface area contributed by atoms with Crippen LogP contribution in [0.5, 0.6) is 0 Å². The molecule has 56 valence electrons. The lowest BCUT2D eigenvalue weighted by Gasteiger charge is -2.15. The maximum Gasteiger partial charge on any atom is 0.0771 e. The maximum atomic E-state index is 2.40. The number of allylic oxidation sites excluding steroid dienone is 4. The summed E-state index contributed by atoms with van der Waals surface area (Å²) in [7, 11) is -0.992. The zero-order valence-electron chi connectivity index (χ0n) is 7.31. The lowest BCUT2D eigenvalue weighted by Crippen LogP contribution is -2.21. The average molecular weight is 152 g/mol. The summed E-state index contributed by atoms with van der Waals surface area (Å²) < 4.78 is 0. The fourth-order valence-corrected chi connectivity index (χ4v) is 2.51. The first-order chi connectivity index (χ1) is 4.50. The molecule has 0 heterocycles. The van der Waals surface area contributed by atoms with E-state index in [0.29, 0.717) is 5.92 Å². The van der Waals surface area contributed by atoms with Crippen molar-refractivity contribution >= 4 is 8.07 Å². The zero-order valence-corrected chi connectivity index (χ0v) is 8.31. The van der Waals surface area contributed by atoms with Gasteiger partial charge in [-0.3, -0.25) is 0 Å². The maximum absolute atomic E-state index is 2.40. The van der Waals surface area contributed by atoms with E-state index in [-0.39, 0.29) is 0 Å². The van der Waals surface area contributed by atoms with Gasteiger partial charge in [0.1, 0.15) is 0 Å². The molecule has 0 aromatic heterocycles. The second-order valence-electron chi connectivity index (χ2n) is 4.09. The molecule has 0 radical (unpaired) electrons. The molecule has 1 aliphatic carbocycles. The highest BCUT2D eigenvalue weighted by Gasteiger charge is 2.19. The molecule has 0 bridgehead atoms. The summed E-state index contributed by atoms with van der Waals surface area (Å²) >= 11 is 0. The zero-order chi connectivity index (χ0) is 7.78. The van der Waals surface area contributed by atoms with Crippen molar-refractivity contribution in [3.63, 3.8) is 0 Å². The molecule has 0 aromatic rings. The second kappa shape index (κ2) is 2.39. The van der Waals surface area contributed by atoms with Crippen LogP contribution < -0.4 is 0 Å². The van der Waals surface area contributed by atoms with Crippen LogP contribution in [0.1, 0.15) is 6.92 Å². The van der Waals surface area contributed by atoms with E-state index < -0.39 is 8.07 Å². The van der Waals surface area contributed by atoms with E-state index in [1.165, 1.54) is 0 Å². The highest BCUT2D eigenvalue weighted by molar-refractivity contribution is 6.83. The van der Waals surface area contributed by atoms with Crippen molar-refractivity contribution in [3.05, 3.63) is 23.4 Å². The summed E-state index contributed by atoms with van der Waals surface area (Å²) in [6.07, 6.45) is 6.98. The van der Waals surface area contributed by atoms with Gasteiger partial charge >= 0.3 is 0 Å². The van der Waals surface area contributed by atoms with Gasteiger partial charge in [0.2, 0.25) is 0 Å². The Labute approximate surface area is 64.7 Å². The fourth-order valence-electron chi connectivity index (χ4n) is 1.15. The molecule has 0 fully saturated rings. The molecule has 1 heteroatoms. The Balaban J connectivity index is 2.78. The molecule has 0 N–H and O–H groups in total. The average Bonchev–Trinajstić information content (AvgIpc) is 2.11. The van der Waals surface area contributed by atoms with Crippen molar-refractivity contribution < 1.29 is 0 Å². The lowest BCUT2D eigenvalue weighted by molar-refractivity contribution is 0.957. The Morgan fingerprint density at radius 2 is 1.90 bits per heavy atom. The van der Waals surface area contributed by atoms with Crippen LogP contribution in [0.3, 0.4) is 0 Å². The molecule has 1 aliphatic rings. The molecule has 10 heavy (non-hydrogen) atoms. The summed E-state index contributed by atoms with van der Waals surface area (Å²) in [5.41, 5.74) is 0. The highest BCUT2D eigenvalue weighted by Crippen LogP contribution is 2.23. The van der Waals surface area contributed by atoms with E-state index in [4.69, 9.17) is 0 Å². The van der Waals surface area contributed by atoms with Crippen molar-refractivity contribution in [3.8, 4) is 0 Å². The third kappa shape index (κ3) is 1.60. The van der Waals surface area contributed by atoms with Crippen molar-refractivity contribution in [2.24, 2.45) is 5.92 Å². The van der Waals surface area contributed by atoms with Gasteiger partial charge in [0.05, 0.1) is 8.07 Å². The minimum absolute atomic E-state index is 0.682. The predicted molar refractivity (Wildman–Crippen MR) is 49.7 cm³/mol. The summed E-state index contributed by atoms with van der Waals surface area (Å²) in [6.45, 7) is 9.41. The number of hydrogen-bond donors (Lipinski definition) is 0. The molecular weight excluding hydrogens is 136 g/mol. The van der Waals surface area contributed by atoms with Crippen LogP contribution in [0.4, 0.5) is 0 Å². The minimum Gasteiger partial charge on any atom is -0.0786 e. The normalized spacial score (nSPS) is 25.2. The SMILES string of the molecule is CC1C=CC([Si](C)(C)C)=C1. The van der Waals surface area contributed by atoms with Gasteiger partial charge in [-0.2, -0.15) is 0 Å². The van der Waals surface area contributed by atoms with Crippen LogP contribution in [-0.2, 0) is 0 Å². The first-order valence-corrected chi connectivity index (χ1v) is 7.40. The molecular formula is C9H16Si. The Bertz CT molecular complexity index is 181. The monoisotopic (exact) mass is 152 g/mol. The summed E-state index contributed by atoms with van der Waals surface area (Å²) in [6, 6.07) is 0. The summed E-state index contributed by atoms with van der Waals surface area (Å²) in [5.74, 6) is 0.682. The van der Waals surface area contributed by atoms with Gasteiger partial charge in [0.25, 0.3) is 0 Å². The Kier molecular flexibility index (Phi) is 1.86. The molecule has 0 spiro atoms. The Morgan fingerprint density at radius 3 is 2.10 bits per heavy atom. The van der Waals surface area contributed by atoms with Gasteiger partial charge in [-0.1, -0.05) is 50.0 Å². The topological polar surface area (TPSA) is 0 Å². The Hall–Kier alpha value is -0.303. The third-order valence-corrected chi connectivity index (χ3v) is 3.95. The van der Waals surface area contributed by atoms with Crippen molar-refractivity contribution in [1.82, 2.24) is 0 Å². The molecule has 1 atom stereocenters. The Morgan fingerprint density at radius 1 is 1.30 bits per heavy atom. The van der Waals surface area contributed by atoms with Crippen molar-refractivity contribution in [1.29, 1.82) is 0 Å². The van der Waals surface area contributed by atoms with Gasteiger partial charge in [-0.05, 0) is 5.92 Å². The predicted octanol–water partition coefficient (Wildman–Crippen LogP) is 3.00. The fraction of sp³-hybridized carbons (Fsp3) is 0.556. The van der Waals surface area contributed by atoms with Gasteiger partial charge < -0.3 is 0 Å². The molecule has 0 aromatic carbocycles. The number of rotatable bonds is 1. The smallest absolute Gasteiger partial charge is 0.0771 e. The van der Waals surface area contributed by atoms with E-state index in [1.807, 2.05) is 0 Å². The highest BCUT2D eigenvalue weighted by atomic mass is 28.3. The first kappa shape index (κ1) is 7.80. The van der Waals surface area contributed by atoms with E-state index in [0.717, 1.165) is 0 Å². The van der Waals surface area contributed by atoms with Crippen molar-refractivity contribution in [2.45, 2.75) is 26.6 Å². The quantitative estimate of drug-likeness (QED) is 0.507. The van der Waals surface area contributed by atoms with Gasteiger partial charge in [0, 0.05) is 0 Å². The lowest BCUT2D eigenvalue weighted by atomic mass is 10.2. The molecule has 1 rings (SSSR count). The van der Waals surface area contributed by atoms with E-state index in [1.54, 1.807) is 5.20 Å².